The number of benzene rings is 1. The Morgan fingerprint density at radius 2 is 1.96 bits per heavy atom. The lowest BCUT2D eigenvalue weighted by atomic mass is 10.1. The Morgan fingerprint density at radius 3 is 2.50 bits per heavy atom. The van der Waals surface area contributed by atoms with Crippen LogP contribution in [-0.4, -0.2) is 13.4 Å². The molecule has 0 radical (unpaired) electrons. The summed E-state index contributed by atoms with van der Waals surface area (Å²) in [6, 6.07) is 11.9. The van der Waals surface area contributed by atoms with Gasteiger partial charge in [0, 0.05) is 23.9 Å². The molecule has 1 aliphatic carbocycles. The van der Waals surface area contributed by atoms with Crippen LogP contribution in [0.15, 0.2) is 59.4 Å². The lowest BCUT2D eigenvalue weighted by molar-refractivity contribution is 0.386. The van der Waals surface area contributed by atoms with Gasteiger partial charge in [0.05, 0.1) is 0 Å². The van der Waals surface area contributed by atoms with E-state index in [1.54, 1.807) is 30.5 Å². The van der Waals surface area contributed by atoms with E-state index in [0.717, 1.165) is 18.4 Å². The lowest BCUT2D eigenvalue weighted by Gasteiger charge is -2.12. The topological polar surface area (TPSA) is 80.0 Å². The fraction of sp³-hybridized carbons (Fsp3) is 0.222. The van der Waals surface area contributed by atoms with Gasteiger partial charge >= 0.3 is 10.1 Å². The number of aryl methyl sites for hydroxylation is 1. The van der Waals surface area contributed by atoms with Gasteiger partial charge in [-0.15, -0.1) is 0 Å². The smallest absolute Gasteiger partial charge is 0.338 e. The number of pyridine rings is 1. The second-order valence-corrected chi connectivity index (χ2v) is 7.26. The highest BCUT2D eigenvalue weighted by Gasteiger charge is 2.34. The summed E-state index contributed by atoms with van der Waals surface area (Å²) in [6.45, 7) is 1.88. The number of rotatable bonds is 5. The van der Waals surface area contributed by atoms with Crippen molar-refractivity contribution < 1.29 is 12.6 Å². The quantitative estimate of drug-likeness (QED) is 0.473. The Kier molecular flexibility index (Phi) is 4.36. The van der Waals surface area contributed by atoms with Crippen LogP contribution in [0.5, 0.6) is 0 Å². The lowest BCUT2D eigenvalue weighted by Crippen LogP contribution is -2.09. The first-order valence-electron chi connectivity index (χ1n) is 7.57. The molecule has 1 heterocycles. The van der Waals surface area contributed by atoms with Crippen molar-refractivity contribution in [3.05, 3.63) is 65.7 Å². The number of nitriles is 1. The number of hydrogen-bond acceptors (Lipinski definition) is 5. The zero-order valence-corrected chi connectivity index (χ0v) is 14.0. The van der Waals surface area contributed by atoms with Crippen molar-refractivity contribution in [2.75, 3.05) is 0 Å². The molecule has 0 bridgehead atoms. The molecular weight excluding hydrogens is 324 g/mol. The molecule has 0 spiro atoms. The van der Waals surface area contributed by atoms with Crippen molar-refractivity contribution in [3.63, 3.8) is 0 Å². The van der Waals surface area contributed by atoms with E-state index in [4.69, 9.17) is 4.18 Å². The molecule has 1 aromatic carbocycles. The molecule has 0 atom stereocenters. The molecule has 1 saturated carbocycles. The first-order valence-corrected chi connectivity index (χ1v) is 8.98. The van der Waals surface area contributed by atoms with Gasteiger partial charge in [-0.25, -0.2) is 0 Å². The molecule has 0 saturated heterocycles. The second-order valence-electron chi connectivity index (χ2n) is 5.72. The molecule has 2 aromatic rings. The summed E-state index contributed by atoms with van der Waals surface area (Å²) in [5.41, 5.74) is 1.74. The van der Waals surface area contributed by atoms with Crippen LogP contribution >= 0.6 is 0 Å². The summed E-state index contributed by atoms with van der Waals surface area (Å²) < 4.78 is 30.5. The van der Waals surface area contributed by atoms with Crippen molar-refractivity contribution in [2.45, 2.75) is 24.7 Å². The van der Waals surface area contributed by atoms with Crippen LogP contribution in [0.2, 0.25) is 0 Å². The highest BCUT2D eigenvalue weighted by Crippen LogP contribution is 2.42. The van der Waals surface area contributed by atoms with Gasteiger partial charge < -0.3 is 4.18 Å². The molecule has 24 heavy (non-hydrogen) atoms. The van der Waals surface area contributed by atoms with Gasteiger partial charge in [0.25, 0.3) is 0 Å². The maximum absolute atomic E-state index is 12.6. The number of hydrogen-bond donors (Lipinski definition) is 0. The minimum Gasteiger partial charge on any atom is -0.382 e. The molecule has 122 valence electrons. The predicted molar refractivity (Wildman–Crippen MR) is 88.9 cm³/mol. The van der Waals surface area contributed by atoms with E-state index < -0.39 is 10.1 Å². The average Bonchev–Trinajstić information content (AvgIpc) is 3.41. The molecule has 0 aliphatic heterocycles. The molecule has 0 unspecified atom stereocenters. The van der Waals surface area contributed by atoms with Crippen LogP contribution in [0.4, 0.5) is 0 Å². The van der Waals surface area contributed by atoms with E-state index in [1.807, 2.05) is 6.92 Å². The maximum Gasteiger partial charge on any atom is 0.338 e. The fourth-order valence-electron chi connectivity index (χ4n) is 2.30. The van der Waals surface area contributed by atoms with Crippen molar-refractivity contribution in [1.82, 2.24) is 4.98 Å². The Morgan fingerprint density at radius 1 is 1.25 bits per heavy atom. The predicted octanol–water partition coefficient (Wildman–Crippen LogP) is 3.44. The van der Waals surface area contributed by atoms with Crippen LogP contribution in [0.1, 0.15) is 24.0 Å². The van der Waals surface area contributed by atoms with E-state index in [2.05, 4.69) is 11.1 Å². The molecule has 1 aromatic heterocycles. The Labute approximate surface area is 141 Å². The van der Waals surface area contributed by atoms with E-state index in [0.29, 0.717) is 5.56 Å². The van der Waals surface area contributed by atoms with Crippen molar-refractivity contribution in [3.8, 4) is 6.07 Å². The van der Waals surface area contributed by atoms with Gasteiger partial charge in [-0.3, -0.25) is 4.98 Å². The Balaban J connectivity index is 2.02. The van der Waals surface area contributed by atoms with Gasteiger partial charge in [0.1, 0.15) is 22.3 Å². The van der Waals surface area contributed by atoms with Crippen LogP contribution < -0.4 is 0 Å². The Bertz CT molecular complexity index is 907. The van der Waals surface area contributed by atoms with E-state index >= 15 is 0 Å². The first kappa shape index (κ1) is 16.2. The van der Waals surface area contributed by atoms with Crippen LogP contribution in [0, 0.1) is 24.2 Å². The summed E-state index contributed by atoms with van der Waals surface area (Å²) in [7, 11) is -3.97. The Hall–Kier alpha value is -2.65. The number of allylic oxidation sites excluding steroid dienone is 2. The van der Waals surface area contributed by atoms with Crippen LogP contribution in [0.25, 0.3) is 5.57 Å². The van der Waals surface area contributed by atoms with Gasteiger partial charge in [0.15, 0.2) is 0 Å². The van der Waals surface area contributed by atoms with Gasteiger partial charge in [-0.05, 0) is 38.0 Å². The minimum absolute atomic E-state index is 0.0416. The molecule has 6 heteroatoms. The van der Waals surface area contributed by atoms with Crippen LogP contribution in [-0.2, 0) is 14.3 Å². The van der Waals surface area contributed by atoms with Crippen molar-refractivity contribution in [2.24, 2.45) is 5.92 Å². The van der Waals surface area contributed by atoms with Crippen molar-refractivity contribution in [1.29, 1.82) is 5.26 Å². The summed E-state index contributed by atoms with van der Waals surface area (Å²) >= 11 is 0. The SMILES string of the molecule is Cc1ccc(S(=O)(=O)O/C(=C(\C#N)c2cccnc2)C2CC2)cc1. The summed E-state index contributed by atoms with van der Waals surface area (Å²) in [5.74, 6) is 0.172. The normalized spacial score (nSPS) is 15.3. The third kappa shape index (κ3) is 3.47. The summed E-state index contributed by atoms with van der Waals surface area (Å²) in [6.07, 6.45) is 4.75. The van der Waals surface area contributed by atoms with Gasteiger partial charge in [-0.1, -0.05) is 23.8 Å². The molecule has 1 aliphatic rings. The standard InChI is InChI=1S/C18H16N2O3S/c1-13-4-8-16(9-5-13)24(21,22)23-18(14-6-7-14)17(11-19)15-3-2-10-20-12-15/h2-5,8-10,12,14H,6-7H2,1H3/b18-17+. The van der Waals surface area contributed by atoms with E-state index in [1.165, 1.54) is 18.3 Å². The van der Waals surface area contributed by atoms with Crippen molar-refractivity contribution >= 4 is 15.7 Å². The number of aromatic nitrogens is 1. The van der Waals surface area contributed by atoms with E-state index in [-0.39, 0.29) is 22.1 Å². The molecule has 0 N–H and O–H groups in total. The maximum atomic E-state index is 12.6. The van der Waals surface area contributed by atoms with Gasteiger partial charge in [-0.2, -0.15) is 13.7 Å². The van der Waals surface area contributed by atoms with E-state index in [9.17, 15) is 13.7 Å². The molecule has 5 nitrogen and oxygen atoms in total. The average molecular weight is 340 g/mol. The third-order valence-corrected chi connectivity index (χ3v) is 5.01. The highest BCUT2D eigenvalue weighted by atomic mass is 32.2. The molecular formula is C18H16N2O3S. The fourth-order valence-corrected chi connectivity index (χ4v) is 3.32. The van der Waals surface area contributed by atoms with Gasteiger partial charge in [0.2, 0.25) is 0 Å². The largest absolute Gasteiger partial charge is 0.382 e. The molecule has 3 rings (SSSR count). The third-order valence-electron chi connectivity index (χ3n) is 3.77. The monoisotopic (exact) mass is 340 g/mol. The molecule has 0 amide bonds. The summed E-state index contributed by atoms with van der Waals surface area (Å²) in [4.78, 5) is 4.07. The minimum atomic E-state index is -3.97. The summed E-state index contributed by atoms with van der Waals surface area (Å²) in [5, 5.41) is 9.52. The van der Waals surface area contributed by atoms with Crippen LogP contribution in [0.3, 0.4) is 0 Å². The second kappa shape index (κ2) is 6.46. The number of nitrogens with zero attached hydrogens (tertiary/aromatic N) is 2. The molecule has 1 fully saturated rings. The zero-order valence-electron chi connectivity index (χ0n) is 13.1. The first-order chi connectivity index (χ1) is 11.5. The zero-order chi connectivity index (χ0) is 17.2. The highest BCUT2D eigenvalue weighted by molar-refractivity contribution is 7.86.